The second kappa shape index (κ2) is 6.38. The van der Waals surface area contributed by atoms with Crippen LogP contribution in [0, 0.1) is 19.3 Å². The molecule has 3 heterocycles. The number of pyridine rings is 1. The van der Waals surface area contributed by atoms with E-state index >= 15 is 0 Å². The fourth-order valence-corrected chi connectivity index (χ4v) is 3.78. The molecular weight excluding hydrogens is 360 g/mol. The topological polar surface area (TPSA) is 72.4 Å². The summed E-state index contributed by atoms with van der Waals surface area (Å²) in [5.41, 5.74) is 8.22. The van der Waals surface area contributed by atoms with Crippen LogP contribution in [0.15, 0.2) is 61.2 Å². The van der Waals surface area contributed by atoms with Crippen LogP contribution in [0.25, 0.3) is 38.8 Å². The Morgan fingerprint density at radius 1 is 0.897 bits per heavy atom. The molecule has 0 saturated heterocycles. The van der Waals surface area contributed by atoms with Crippen LogP contribution in [0.3, 0.4) is 0 Å². The zero-order chi connectivity index (χ0) is 20.1. The third-order valence-electron chi connectivity index (χ3n) is 5.45. The maximum Gasteiger partial charge on any atom is 0.207 e. The second-order valence-electron chi connectivity index (χ2n) is 7.30. The molecule has 0 aliphatic carbocycles. The zero-order valence-corrected chi connectivity index (χ0v) is 16.5. The molecule has 0 radical (unpaired) electrons. The Bertz CT molecular complexity index is 1440. The molecule has 0 fully saturated rings. The Kier molecular flexibility index (Phi) is 3.81. The number of nitrogens with one attached hydrogen (secondary N) is 1. The predicted octanol–water partition coefficient (Wildman–Crippen LogP) is 4.07. The highest BCUT2D eigenvalue weighted by atomic mass is 15.2. The van der Waals surface area contributed by atoms with E-state index in [4.69, 9.17) is 5.41 Å². The number of imidazole rings is 1. The van der Waals surface area contributed by atoms with Gasteiger partial charge in [-0.1, -0.05) is 35.9 Å². The Morgan fingerprint density at radius 3 is 2.41 bits per heavy atom. The molecule has 3 aromatic heterocycles. The molecule has 0 amide bonds. The Labute approximate surface area is 167 Å². The van der Waals surface area contributed by atoms with Crippen molar-refractivity contribution in [3.05, 3.63) is 78.1 Å². The number of aryl methyl sites for hydroxylation is 3. The van der Waals surface area contributed by atoms with Crippen LogP contribution < -0.4 is 5.62 Å². The van der Waals surface area contributed by atoms with Gasteiger partial charge in [0.25, 0.3) is 0 Å². The van der Waals surface area contributed by atoms with Crippen molar-refractivity contribution in [1.82, 2.24) is 24.1 Å². The number of benzene rings is 2. The molecule has 0 spiro atoms. The number of nitrogens with zero attached hydrogens (tertiary/aromatic N) is 5. The highest BCUT2D eigenvalue weighted by molar-refractivity contribution is 6.04. The summed E-state index contributed by atoms with van der Waals surface area (Å²) in [6.07, 6.45) is 5.12. The molecule has 1 N–H and O–H groups in total. The van der Waals surface area contributed by atoms with E-state index in [1.165, 1.54) is 11.9 Å². The third-order valence-corrected chi connectivity index (χ3v) is 5.45. The van der Waals surface area contributed by atoms with Gasteiger partial charge in [-0.25, -0.2) is 9.97 Å². The quantitative estimate of drug-likeness (QED) is 0.502. The van der Waals surface area contributed by atoms with Gasteiger partial charge >= 0.3 is 0 Å². The number of hydrogen-bond acceptors (Lipinski definition) is 4. The molecule has 6 heteroatoms. The maximum atomic E-state index is 8.72. The highest BCUT2D eigenvalue weighted by Gasteiger charge is 2.16. The lowest BCUT2D eigenvalue weighted by atomic mass is 10.0. The van der Waals surface area contributed by atoms with Crippen LogP contribution >= 0.6 is 0 Å². The van der Waals surface area contributed by atoms with Crippen molar-refractivity contribution in [3.8, 4) is 16.8 Å². The van der Waals surface area contributed by atoms with Gasteiger partial charge in [0.2, 0.25) is 5.62 Å². The zero-order valence-electron chi connectivity index (χ0n) is 16.5. The van der Waals surface area contributed by atoms with Crippen molar-refractivity contribution in [1.29, 1.82) is 5.41 Å². The first-order valence-corrected chi connectivity index (χ1v) is 9.43. The smallest absolute Gasteiger partial charge is 0.207 e. The van der Waals surface area contributed by atoms with Crippen molar-refractivity contribution < 1.29 is 0 Å². The molecule has 29 heavy (non-hydrogen) atoms. The number of hydrogen-bond donors (Lipinski definition) is 1. The summed E-state index contributed by atoms with van der Waals surface area (Å²) in [7, 11) is 1.89. The van der Waals surface area contributed by atoms with Crippen LogP contribution in [-0.4, -0.2) is 24.1 Å². The Hall–Kier alpha value is -3.80. The largest absolute Gasteiger partial charge is 0.312 e. The van der Waals surface area contributed by atoms with Crippen LogP contribution in [0.1, 0.15) is 11.3 Å². The molecule has 0 saturated carbocycles. The van der Waals surface area contributed by atoms with Gasteiger partial charge < -0.3 is 4.57 Å². The van der Waals surface area contributed by atoms with Gasteiger partial charge in [0.05, 0.1) is 40.3 Å². The fourth-order valence-electron chi connectivity index (χ4n) is 3.78. The van der Waals surface area contributed by atoms with Crippen LogP contribution in [0.2, 0.25) is 0 Å². The van der Waals surface area contributed by atoms with Gasteiger partial charge in [-0.2, -0.15) is 0 Å². The Morgan fingerprint density at radius 2 is 1.66 bits per heavy atom. The third kappa shape index (κ3) is 2.64. The van der Waals surface area contributed by atoms with Crippen molar-refractivity contribution >= 4 is 21.9 Å². The summed E-state index contributed by atoms with van der Waals surface area (Å²) in [6.45, 7) is 4.02. The minimum atomic E-state index is 0.355. The van der Waals surface area contributed by atoms with Crippen molar-refractivity contribution in [2.24, 2.45) is 7.05 Å². The van der Waals surface area contributed by atoms with E-state index in [2.05, 4.69) is 58.3 Å². The minimum absolute atomic E-state index is 0.355. The van der Waals surface area contributed by atoms with Crippen LogP contribution in [0.4, 0.5) is 0 Å². The highest BCUT2D eigenvalue weighted by Crippen LogP contribution is 2.30. The summed E-state index contributed by atoms with van der Waals surface area (Å²) in [5, 5.41) is 9.72. The molecule has 6 nitrogen and oxygen atoms in total. The minimum Gasteiger partial charge on any atom is -0.312 e. The molecular formula is C23H20N6. The van der Waals surface area contributed by atoms with E-state index in [1.807, 2.05) is 35.4 Å². The van der Waals surface area contributed by atoms with E-state index in [1.54, 1.807) is 6.20 Å². The predicted molar refractivity (Wildman–Crippen MR) is 114 cm³/mol. The lowest BCUT2D eigenvalue weighted by Crippen LogP contribution is -2.22. The molecule has 0 atom stereocenters. The second-order valence-corrected chi connectivity index (χ2v) is 7.30. The van der Waals surface area contributed by atoms with E-state index in [0.717, 1.165) is 44.4 Å². The fraction of sp³-hybridized carbons (Fsp3) is 0.130. The Balaban J connectivity index is 1.89. The first-order valence-electron chi connectivity index (χ1n) is 9.43. The average Bonchev–Trinajstić information content (AvgIpc) is 2.99. The molecule has 0 bridgehead atoms. The average molecular weight is 380 g/mol. The number of aromatic nitrogens is 5. The van der Waals surface area contributed by atoms with Gasteiger partial charge in [0, 0.05) is 12.4 Å². The van der Waals surface area contributed by atoms with Crippen LogP contribution in [0.5, 0.6) is 0 Å². The molecule has 5 aromatic rings. The summed E-state index contributed by atoms with van der Waals surface area (Å²) in [5.74, 6) is 0. The summed E-state index contributed by atoms with van der Waals surface area (Å²) < 4.78 is 3.75. The lowest BCUT2D eigenvalue weighted by molar-refractivity contribution is 0.780. The van der Waals surface area contributed by atoms with Crippen molar-refractivity contribution in [2.45, 2.75) is 13.8 Å². The van der Waals surface area contributed by atoms with Crippen molar-refractivity contribution in [2.75, 3.05) is 0 Å². The van der Waals surface area contributed by atoms with E-state index in [9.17, 15) is 0 Å². The van der Waals surface area contributed by atoms with E-state index in [0.29, 0.717) is 5.62 Å². The molecule has 0 unspecified atom stereocenters. The molecule has 2 aromatic carbocycles. The summed E-state index contributed by atoms with van der Waals surface area (Å²) >= 11 is 0. The van der Waals surface area contributed by atoms with Gasteiger partial charge in [-0.05, 0) is 37.1 Å². The molecule has 142 valence electrons. The molecule has 5 rings (SSSR count). The first kappa shape index (κ1) is 17.3. The summed E-state index contributed by atoms with van der Waals surface area (Å²) in [4.78, 5) is 13.2. The van der Waals surface area contributed by atoms with E-state index in [-0.39, 0.29) is 0 Å². The van der Waals surface area contributed by atoms with Crippen LogP contribution in [-0.2, 0) is 7.05 Å². The molecule has 0 aliphatic heterocycles. The monoisotopic (exact) mass is 380 g/mol. The molecule has 0 aliphatic rings. The summed E-state index contributed by atoms with van der Waals surface area (Å²) in [6, 6.07) is 14.8. The maximum absolute atomic E-state index is 8.72. The van der Waals surface area contributed by atoms with Crippen molar-refractivity contribution in [3.63, 3.8) is 0 Å². The standard InChI is InChI=1S/C23H20N6/c1-14-4-6-16(7-5-14)17-8-9-19-18(10-17)22-21(12-26-19)28(3)23(24)29(22)20-11-25-13-27-15(20)2/h4-13,24H,1-3H3. The first-order chi connectivity index (χ1) is 14.0. The van der Waals surface area contributed by atoms with E-state index < -0.39 is 0 Å². The number of fused-ring (bicyclic) bond motifs is 3. The van der Waals surface area contributed by atoms with Gasteiger partial charge in [0.15, 0.2) is 0 Å². The van der Waals surface area contributed by atoms with Gasteiger partial charge in [0.1, 0.15) is 6.33 Å². The van der Waals surface area contributed by atoms with Gasteiger partial charge in [-0.15, -0.1) is 0 Å². The normalized spacial score (nSPS) is 11.4. The van der Waals surface area contributed by atoms with Gasteiger partial charge in [-0.3, -0.25) is 15.0 Å². The lowest BCUT2D eigenvalue weighted by Gasteiger charge is -2.10. The SMILES string of the molecule is Cc1ccc(-c2ccc3ncc4c(c3c2)n(-c2cncnc2C)c(=N)n4C)cc1. The number of rotatable bonds is 2.